The van der Waals surface area contributed by atoms with Gasteiger partial charge in [-0.05, 0) is 31.0 Å². The lowest BCUT2D eigenvalue weighted by Gasteiger charge is -2.16. The monoisotopic (exact) mass is 335 g/mol. The molecule has 0 radical (unpaired) electrons. The van der Waals surface area contributed by atoms with Crippen LogP contribution in [-0.4, -0.2) is 25.0 Å². The van der Waals surface area contributed by atoms with Crippen LogP contribution in [0.2, 0.25) is 0 Å². The number of ether oxygens (including phenoxy) is 1. The average molecular weight is 335 g/mol. The molecule has 0 atom stereocenters. The van der Waals surface area contributed by atoms with Gasteiger partial charge in [-0.2, -0.15) is 0 Å². The maximum Gasteiger partial charge on any atom is 0.375 e. The topological polar surface area (TPSA) is 59.8 Å². The minimum absolute atomic E-state index is 0.149. The zero-order valence-corrected chi connectivity index (χ0v) is 13.8. The Kier molecular flexibility index (Phi) is 3.76. The third-order valence-electron chi connectivity index (χ3n) is 4.54. The van der Waals surface area contributed by atoms with E-state index in [9.17, 15) is 9.59 Å². The fraction of sp³-hybridized carbons (Fsp3) is 0.200. The van der Waals surface area contributed by atoms with Crippen LogP contribution in [0.5, 0.6) is 0 Å². The highest BCUT2D eigenvalue weighted by Gasteiger charge is 2.26. The molecule has 126 valence electrons. The minimum Gasteiger partial charge on any atom is -0.450 e. The Balaban J connectivity index is 1.47. The second-order valence-corrected chi connectivity index (χ2v) is 6.05. The highest BCUT2D eigenvalue weighted by atomic mass is 16.5. The number of esters is 1. The number of carbonyl (C=O) groups is 2. The van der Waals surface area contributed by atoms with Gasteiger partial charge in [0, 0.05) is 23.2 Å². The Morgan fingerprint density at radius 3 is 2.72 bits per heavy atom. The third-order valence-corrected chi connectivity index (χ3v) is 4.54. The highest BCUT2D eigenvalue weighted by Crippen LogP contribution is 2.28. The standard InChI is InChI=1S/C20H17NO4/c1-13-15-7-3-5-9-17(15)25-19(13)20(23)24-12-18(22)21-11-10-14-6-2-4-8-16(14)21/h2-9H,10-12H2,1H3. The van der Waals surface area contributed by atoms with Gasteiger partial charge in [0.05, 0.1) is 0 Å². The smallest absolute Gasteiger partial charge is 0.375 e. The summed E-state index contributed by atoms with van der Waals surface area (Å²) in [4.78, 5) is 26.4. The van der Waals surface area contributed by atoms with Crippen LogP contribution in [0.25, 0.3) is 11.0 Å². The molecule has 4 rings (SSSR count). The van der Waals surface area contributed by atoms with Crippen LogP contribution in [0.1, 0.15) is 21.7 Å². The van der Waals surface area contributed by atoms with E-state index in [0.717, 1.165) is 28.6 Å². The predicted molar refractivity (Wildman–Crippen MR) is 93.7 cm³/mol. The van der Waals surface area contributed by atoms with Crippen LogP contribution in [0.3, 0.4) is 0 Å². The molecule has 1 aliphatic rings. The SMILES string of the molecule is Cc1c(C(=O)OCC(=O)N2CCc3ccccc32)oc2ccccc12. The van der Waals surface area contributed by atoms with E-state index in [1.165, 1.54) is 0 Å². The van der Waals surface area contributed by atoms with Gasteiger partial charge in [0.25, 0.3) is 5.91 Å². The summed E-state index contributed by atoms with van der Waals surface area (Å²) < 4.78 is 10.8. The maximum atomic E-state index is 12.4. The molecule has 1 amide bonds. The molecule has 25 heavy (non-hydrogen) atoms. The van der Waals surface area contributed by atoms with Gasteiger partial charge < -0.3 is 14.1 Å². The van der Waals surface area contributed by atoms with Gasteiger partial charge >= 0.3 is 5.97 Å². The van der Waals surface area contributed by atoms with E-state index < -0.39 is 5.97 Å². The summed E-state index contributed by atoms with van der Waals surface area (Å²) in [6.45, 7) is 2.12. The fourth-order valence-corrected chi connectivity index (χ4v) is 3.24. The molecule has 0 aliphatic carbocycles. The van der Waals surface area contributed by atoms with E-state index in [0.29, 0.717) is 12.1 Å². The second-order valence-electron chi connectivity index (χ2n) is 6.05. The molecule has 1 aliphatic heterocycles. The molecule has 0 saturated heterocycles. The molecule has 2 heterocycles. The summed E-state index contributed by atoms with van der Waals surface area (Å²) in [7, 11) is 0. The lowest BCUT2D eigenvalue weighted by Crippen LogP contribution is -2.33. The van der Waals surface area contributed by atoms with E-state index in [1.807, 2.05) is 42.5 Å². The van der Waals surface area contributed by atoms with Crippen molar-refractivity contribution in [3.8, 4) is 0 Å². The maximum absolute atomic E-state index is 12.4. The van der Waals surface area contributed by atoms with E-state index in [1.54, 1.807) is 17.9 Å². The third kappa shape index (κ3) is 2.67. The minimum atomic E-state index is -0.616. The van der Waals surface area contributed by atoms with Crippen molar-refractivity contribution >= 4 is 28.5 Å². The largest absolute Gasteiger partial charge is 0.450 e. The van der Waals surface area contributed by atoms with Crippen molar-refractivity contribution < 1.29 is 18.7 Å². The number of fused-ring (bicyclic) bond motifs is 2. The molecule has 0 unspecified atom stereocenters. The highest BCUT2D eigenvalue weighted by molar-refractivity contribution is 6.00. The van der Waals surface area contributed by atoms with Gasteiger partial charge in [-0.15, -0.1) is 0 Å². The molecule has 5 nitrogen and oxygen atoms in total. The number of furan rings is 1. The first-order valence-electron chi connectivity index (χ1n) is 8.18. The number of nitrogens with zero attached hydrogens (tertiary/aromatic N) is 1. The molecule has 3 aromatic rings. The second kappa shape index (κ2) is 6.09. The molecular formula is C20H17NO4. The summed E-state index contributed by atoms with van der Waals surface area (Å²) in [5.74, 6) is -0.697. The molecule has 0 saturated carbocycles. The Hall–Kier alpha value is -3.08. The number of amides is 1. The van der Waals surface area contributed by atoms with Crippen LogP contribution in [0.15, 0.2) is 52.9 Å². The summed E-state index contributed by atoms with van der Waals surface area (Å²) in [6, 6.07) is 15.2. The predicted octanol–water partition coefficient (Wildman–Crippen LogP) is 3.49. The van der Waals surface area contributed by atoms with E-state index in [2.05, 4.69) is 0 Å². The molecule has 1 aromatic heterocycles. The summed E-state index contributed by atoms with van der Waals surface area (Å²) in [5.41, 5.74) is 3.38. The van der Waals surface area contributed by atoms with Crippen molar-refractivity contribution in [3.63, 3.8) is 0 Å². The Morgan fingerprint density at radius 2 is 1.88 bits per heavy atom. The van der Waals surface area contributed by atoms with Gasteiger partial charge in [-0.1, -0.05) is 36.4 Å². The lowest BCUT2D eigenvalue weighted by atomic mass is 10.1. The van der Waals surface area contributed by atoms with Crippen LogP contribution < -0.4 is 4.90 Å². The number of anilines is 1. The van der Waals surface area contributed by atoms with Gasteiger partial charge in [-0.3, -0.25) is 4.79 Å². The van der Waals surface area contributed by atoms with Crippen molar-refractivity contribution in [3.05, 3.63) is 65.4 Å². The van der Waals surface area contributed by atoms with E-state index >= 15 is 0 Å². The number of carbonyl (C=O) groups excluding carboxylic acids is 2. The van der Waals surface area contributed by atoms with Crippen molar-refractivity contribution in [1.29, 1.82) is 0 Å². The van der Waals surface area contributed by atoms with Gasteiger partial charge in [0.1, 0.15) is 5.58 Å². The first-order valence-corrected chi connectivity index (χ1v) is 8.18. The first-order chi connectivity index (χ1) is 12.1. The fourth-order valence-electron chi connectivity index (χ4n) is 3.24. The van der Waals surface area contributed by atoms with Crippen molar-refractivity contribution in [1.82, 2.24) is 0 Å². The number of aryl methyl sites for hydroxylation is 1. The van der Waals surface area contributed by atoms with Crippen LogP contribution >= 0.6 is 0 Å². The van der Waals surface area contributed by atoms with Crippen LogP contribution in [0, 0.1) is 6.92 Å². The zero-order chi connectivity index (χ0) is 17.4. The van der Waals surface area contributed by atoms with Gasteiger partial charge in [0.15, 0.2) is 6.61 Å². The number of rotatable bonds is 3. The Bertz CT molecular complexity index is 973. The molecule has 0 spiro atoms. The van der Waals surface area contributed by atoms with Gasteiger partial charge in [-0.25, -0.2) is 4.79 Å². The van der Waals surface area contributed by atoms with Crippen molar-refractivity contribution in [2.24, 2.45) is 0 Å². The molecule has 0 N–H and O–H groups in total. The van der Waals surface area contributed by atoms with E-state index in [4.69, 9.17) is 9.15 Å². The Labute approximate surface area is 144 Å². The van der Waals surface area contributed by atoms with Crippen molar-refractivity contribution in [2.75, 3.05) is 18.1 Å². The normalized spacial score (nSPS) is 13.1. The number of hydrogen-bond donors (Lipinski definition) is 0. The molecule has 5 heteroatoms. The van der Waals surface area contributed by atoms with E-state index in [-0.39, 0.29) is 18.3 Å². The van der Waals surface area contributed by atoms with Gasteiger partial charge in [0.2, 0.25) is 5.76 Å². The first kappa shape index (κ1) is 15.4. The summed E-state index contributed by atoms with van der Waals surface area (Å²) >= 11 is 0. The number of para-hydroxylation sites is 2. The molecular weight excluding hydrogens is 318 g/mol. The Morgan fingerprint density at radius 1 is 1.12 bits per heavy atom. The average Bonchev–Trinajstić information content (AvgIpc) is 3.21. The van der Waals surface area contributed by atoms with Crippen LogP contribution in [0.4, 0.5) is 5.69 Å². The lowest BCUT2D eigenvalue weighted by molar-refractivity contribution is -0.121. The summed E-state index contributed by atoms with van der Waals surface area (Å²) in [6.07, 6.45) is 0.818. The molecule has 0 fully saturated rings. The van der Waals surface area contributed by atoms with Crippen LogP contribution in [-0.2, 0) is 16.0 Å². The number of hydrogen-bond acceptors (Lipinski definition) is 4. The number of benzene rings is 2. The quantitative estimate of drug-likeness (QED) is 0.688. The van der Waals surface area contributed by atoms with Crippen molar-refractivity contribution in [2.45, 2.75) is 13.3 Å². The zero-order valence-electron chi connectivity index (χ0n) is 13.8. The molecule has 0 bridgehead atoms. The summed E-state index contributed by atoms with van der Waals surface area (Å²) in [5, 5.41) is 0.870. The molecule has 2 aromatic carbocycles.